The molecule has 102 valence electrons. The third kappa shape index (κ3) is 2.33. The molecule has 0 spiro atoms. The lowest BCUT2D eigenvalue weighted by atomic mass is 10.2. The second kappa shape index (κ2) is 4.73. The van der Waals surface area contributed by atoms with Crippen molar-refractivity contribution < 1.29 is 9.66 Å². The molecule has 2 aliphatic heterocycles. The molecule has 0 aliphatic carbocycles. The number of morpholine rings is 1. The Kier molecular flexibility index (Phi) is 3.20. The van der Waals surface area contributed by atoms with Crippen molar-refractivity contribution in [3.63, 3.8) is 0 Å². The van der Waals surface area contributed by atoms with Crippen LogP contribution in [0.25, 0.3) is 0 Å². The van der Waals surface area contributed by atoms with Crippen molar-refractivity contribution in [1.29, 1.82) is 0 Å². The zero-order valence-corrected chi connectivity index (χ0v) is 11.3. The van der Waals surface area contributed by atoms with Crippen molar-refractivity contribution in [3.8, 4) is 0 Å². The van der Waals surface area contributed by atoms with E-state index < -0.39 is 4.92 Å². The maximum atomic E-state index is 11.1. The summed E-state index contributed by atoms with van der Waals surface area (Å²) in [5, 5.41) is 10.8. The van der Waals surface area contributed by atoms with Crippen LogP contribution >= 0.6 is 23.2 Å². The molecule has 2 bridgehead atoms. The molecule has 3 rings (SSSR count). The van der Waals surface area contributed by atoms with Gasteiger partial charge < -0.3 is 9.64 Å². The molecule has 3 heterocycles. The second-order valence-corrected chi connectivity index (χ2v) is 5.27. The van der Waals surface area contributed by atoms with Gasteiger partial charge >= 0.3 is 5.69 Å². The number of aromatic nitrogens is 2. The molecule has 2 fully saturated rings. The van der Waals surface area contributed by atoms with Crippen LogP contribution in [0.3, 0.4) is 0 Å². The average Bonchev–Trinajstić information content (AvgIpc) is 2.66. The van der Waals surface area contributed by atoms with E-state index in [1.807, 2.05) is 4.90 Å². The van der Waals surface area contributed by atoms with Crippen molar-refractivity contribution in [2.45, 2.75) is 25.0 Å². The highest BCUT2D eigenvalue weighted by atomic mass is 35.5. The van der Waals surface area contributed by atoms with Crippen LogP contribution in [0.15, 0.2) is 0 Å². The number of rotatable bonds is 2. The second-order valence-electron chi connectivity index (χ2n) is 4.58. The molecule has 0 aromatic carbocycles. The number of nitrogens with zero attached hydrogens (tertiary/aromatic N) is 4. The van der Waals surface area contributed by atoms with Crippen LogP contribution in [0, 0.1) is 10.1 Å². The van der Waals surface area contributed by atoms with Gasteiger partial charge in [-0.05, 0) is 24.4 Å². The van der Waals surface area contributed by atoms with E-state index in [1.165, 1.54) is 0 Å². The molecule has 1 aromatic rings. The van der Waals surface area contributed by atoms with E-state index in [0.29, 0.717) is 13.1 Å². The highest BCUT2D eigenvalue weighted by Gasteiger charge is 2.37. The van der Waals surface area contributed by atoms with Crippen LogP contribution in [-0.4, -0.2) is 40.2 Å². The molecule has 2 unspecified atom stereocenters. The first-order valence-electron chi connectivity index (χ1n) is 5.82. The van der Waals surface area contributed by atoms with Gasteiger partial charge in [0.15, 0.2) is 0 Å². The fourth-order valence-electron chi connectivity index (χ4n) is 2.56. The Morgan fingerprint density at radius 2 is 1.89 bits per heavy atom. The minimum atomic E-state index is -0.578. The smallest absolute Gasteiger partial charge is 0.348 e. The largest absolute Gasteiger partial charge is 0.371 e. The molecule has 7 nitrogen and oxygen atoms in total. The first-order valence-corrected chi connectivity index (χ1v) is 6.58. The lowest BCUT2D eigenvalue weighted by molar-refractivity contribution is -0.384. The van der Waals surface area contributed by atoms with Crippen molar-refractivity contribution in [3.05, 3.63) is 20.6 Å². The van der Waals surface area contributed by atoms with Crippen molar-refractivity contribution >= 4 is 34.7 Å². The van der Waals surface area contributed by atoms with E-state index in [1.54, 1.807) is 0 Å². The molecule has 9 heteroatoms. The Hall–Kier alpha value is -1.18. The number of nitro groups is 1. The standard InChI is InChI=1S/C10H10Cl2N4O3/c11-8-7(16(17)18)9(14-10(12)13-8)15-3-5-1-2-6(4-15)19-5/h5-6H,1-4H2. The Bertz CT molecular complexity index is 530. The highest BCUT2D eigenvalue weighted by molar-refractivity contribution is 6.33. The molecule has 0 saturated carbocycles. The van der Waals surface area contributed by atoms with Crippen LogP contribution in [0.1, 0.15) is 12.8 Å². The van der Waals surface area contributed by atoms with E-state index in [0.717, 1.165) is 12.8 Å². The first kappa shape index (κ1) is 12.8. The molecule has 0 N–H and O–H groups in total. The van der Waals surface area contributed by atoms with Crippen molar-refractivity contribution in [2.75, 3.05) is 18.0 Å². The van der Waals surface area contributed by atoms with Gasteiger partial charge in [-0.1, -0.05) is 11.6 Å². The van der Waals surface area contributed by atoms with Crippen LogP contribution in [0.5, 0.6) is 0 Å². The third-order valence-corrected chi connectivity index (χ3v) is 3.75. The lowest BCUT2D eigenvalue weighted by Gasteiger charge is -2.32. The molecule has 0 radical (unpaired) electrons. The van der Waals surface area contributed by atoms with Crippen LogP contribution < -0.4 is 4.90 Å². The van der Waals surface area contributed by atoms with E-state index in [-0.39, 0.29) is 34.1 Å². The van der Waals surface area contributed by atoms with E-state index >= 15 is 0 Å². The minimum absolute atomic E-state index is 0.0888. The summed E-state index contributed by atoms with van der Waals surface area (Å²) < 4.78 is 5.69. The minimum Gasteiger partial charge on any atom is -0.371 e. The van der Waals surface area contributed by atoms with Gasteiger partial charge in [-0.25, -0.2) is 0 Å². The lowest BCUT2D eigenvalue weighted by Crippen LogP contribution is -2.43. The molecule has 19 heavy (non-hydrogen) atoms. The summed E-state index contributed by atoms with van der Waals surface area (Å²) in [6.07, 6.45) is 2.10. The topological polar surface area (TPSA) is 81.4 Å². The summed E-state index contributed by atoms with van der Waals surface area (Å²) in [7, 11) is 0. The van der Waals surface area contributed by atoms with Crippen molar-refractivity contribution in [1.82, 2.24) is 9.97 Å². The van der Waals surface area contributed by atoms with E-state index in [9.17, 15) is 10.1 Å². The number of hydrogen-bond acceptors (Lipinski definition) is 6. The van der Waals surface area contributed by atoms with E-state index in [4.69, 9.17) is 27.9 Å². The quantitative estimate of drug-likeness (QED) is 0.360. The highest BCUT2D eigenvalue weighted by Crippen LogP contribution is 2.37. The van der Waals surface area contributed by atoms with Gasteiger partial charge in [0.2, 0.25) is 16.3 Å². The zero-order chi connectivity index (χ0) is 13.6. The normalized spacial score (nSPS) is 25.7. The number of halogens is 2. The number of fused-ring (bicyclic) bond motifs is 2. The number of ether oxygens (including phenoxy) is 1. The Labute approximate surface area is 118 Å². The Morgan fingerprint density at radius 1 is 1.26 bits per heavy atom. The van der Waals surface area contributed by atoms with E-state index in [2.05, 4.69) is 9.97 Å². The summed E-state index contributed by atoms with van der Waals surface area (Å²) in [6, 6.07) is 0. The first-order chi connectivity index (χ1) is 9.04. The molecular formula is C10H10Cl2N4O3. The number of hydrogen-bond donors (Lipinski definition) is 0. The maximum absolute atomic E-state index is 11.1. The summed E-state index contributed by atoms with van der Waals surface area (Å²) >= 11 is 11.5. The summed E-state index contributed by atoms with van der Waals surface area (Å²) in [5.74, 6) is 0.176. The fraction of sp³-hybridized carbons (Fsp3) is 0.600. The van der Waals surface area contributed by atoms with Gasteiger partial charge in [-0.3, -0.25) is 10.1 Å². The van der Waals surface area contributed by atoms with Gasteiger partial charge in [0.25, 0.3) is 0 Å². The van der Waals surface area contributed by atoms with Crippen LogP contribution in [0.4, 0.5) is 11.5 Å². The maximum Gasteiger partial charge on any atom is 0.348 e. The van der Waals surface area contributed by atoms with Gasteiger partial charge in [0.05, 0.1) is 17.1 Å². The van der Waals surface area contributed by atoms with Gasteiger partial charge in [-0.2, -0.15) is 9.97 Å². The number of anilines is 1. The monoisotopic (exact) mass is 304 g/mol. The molecule has 2 atom stereocenters. The van der Waals surface area contributed by atoms with Gasteiger partial charge in [0.1, 0.15) is 0 Å². The SMILES string of the molecule is O=[N+]([O-])c1c(Cl)nc(Cl)nc1N1CC2CCC(C1)O2. The predicted octanol–water partition coefficient (Wildman–Crippen LogP) is 2.06. The summed E-state index contributed by atoms with van der Waals surface area (Å²) in [4.78, 5) is 19.9. The Morgan fingerprint density at radius 3 is 2.47 bits per heavy atom. The van der Waals surface area contributed by atoms with Gasteiger partial charge in [0, 0.05) is 13.1 Å². The predicted molar refractivity (Wildman–Crippen MR) is 68.8 cm³/mol. The fourth-order valence-corrected chi connectivity index (χ4v) is 3.00. The molecule has 2 saturated heterocycles. The summed E-state index contributed by atoms with van der Waals surface area (Å²) in [5.41, 5.74) is -0.299. The molecule has 2 aliphatic rings. The molecule has 0 amide bonds. The van der Waals surface area contributed by atoms with Crippen LogP contribution in [0.2, 0.25) is 10.4 Å². The van der Waals surface area contributed by atoms with Crippen LogP contribution in [-0.2, 0) is 4.74 Å². The van der Waals surface area contributed by atoms with Gasteiger partial charge in [-0.15, -0.1) is 0 Å². The third-order valence-electron chi connectivity index (χ3n) is 3.32. The average molecular weight is 305 g/mol. The summed E-state index contributed by atoms with van der Waals surface area (Å²) in [6.45, 7) is 1.11. The van der Waals surface area contributed by atoms with Crippen molar-refractivity contribution in [2.24, 2.45) is 0 Å². The molecular weight excluding hydrogens is 295 g/mol. The molecule has 1 aromatic heterocycles. The Balaban J connectivity index is 2.01. The zero-order valence-electron chi connectivity index (χ0n) is 9.75.